The molecule has 1 saturated heterocycles. The molecule has 0 saturated carbocycles. The van der Waals surface area contributed by atoms with Gasteiger partial charge < -0.3 is 24.2 Å². The van der Waals surface area contributed by atoms with Gasteiger partial charge in [0.1, 0.15) is 11.5 Å². The van der Waals surface area contributed by atoms with E-state index in [1.54, 1.807) is 43.5 Å². The average Bonchev–Trinajstić information content (AvgIpc) is 3.22. The molecule has 0 radical (unpaired) electrons. The number of carbonyl (C=O) groups is 2. The number of Topliss-reactive ketones (excluding diaryl/α,β-unsaturated/α-hetero) is 1. The van der Waals surface area contributed by atoms with E-state index < -0.39 is 17.7 Å². The van der Waals surface area contributed by atoms with Crippen LogP contribution in [0.25, 0.3) is 5.76 Å². The number of benzene rings is 3. The molecule has 1 heterocycles. The van der Waals surface area contributed by atoms with Crippen molar-refractivity contribution in [3.63, 3.8) is 0 Å². The third kappa shape index (κ3) is 6.47. The molecular formula is C33H37NO6. The Morgan fingerprint density at radius 2 is 1.57 bits per heavy atom. The number of rotatable bonds is 13. The maximum absolute atomic E-state index is 13.5. The van der Waals surface area contributed by atoms with Crippen LogP contribution in [0.2, 0.25) is 0 Å². The summed E-state index contributed by atoms with van der Waals surface area (Å²) in [5.41, 5.74) is 1.93. The SMILES string of the molecule is CCCCOc1cccc(C(O)=C2C(=O)C(=O)N(Cc3ccccc3)C2c2ccc(OCCCC)c(OC)c2)c1. The predicted molar refractivity (Wildman–Crippen MR) is 155 cm³/mol. The van der Waals surface area contributed by atoms with E-state index in [0.29, 0.717) is 41.6 Å². The van der Waals surface area contributed by atoms with Crippen LogP contribution >= 0.6 is 0 Å². The Labute approximate surface area is 236 Å². The van der Waals surface area contributed by atoms with Gasteiger partial charge in [0.2, 0.25) is 0 Å². The van der Waals surface area contributed by atoms with Gasteiger partial charge in [-0.15, -0.1) is 0 Å². The highest BCUT2D eigenvalue weighted by molar-refractivity contribution is 6.46. The zero-order chi connectivity index (χ0) is 28.5. The first kappa shape index (κ1) is 28.7. The largest absolute Gasteiger partial charge is 0.507 e. The van der Waals surface area contributed by atoms with Gasteiger partial charge in [-0.25, -0.2) is 0 Å². The third-order valence-corrected chi connectivity index (χ3v) is 6.87. The molecule has 7 heteroatoms. The molecule has 7 nitrogen and oxygen atoms in total. The first-order chi connectivity index (χ1) is 19.5. The van der Waals surface area contributed by atoms with Crippen LogP contribution in [0.4, 0.5) is 0 Å². The first-order valence-corrected chi connectivity index (χ1v) is 13.8. The topological polar surface area (TPSA) is 85.3 Å². The molecule has 0 spiro atoms. The second-order valence-corrected chi connectivity index (χ2v) is 9.75. The van der Waals surface area contributed by atoms with Crippen LogP contribution in [0.3, 0.4) is 0 Å². The van der Waals surface area contributed by atoms with Crippen LogP contribution < -0.4 is 14.2 Å². The molecular weight excluding hydrogens is 506 g/mol. The number of methoxy groups -OCH3 is 1. The number of hydrogen-bond acceptors (Lipinski definition) is 6. The van der Waals surface area contributed by atoms with Crippen LogP contribution in [-0.2, 0) is 16.1 Å². The molecule has 1 atom stereocenters. The monoisotopic (exact) mass is 543 g/mol. The third-order valence-electron chi connectivity index (χ3n) is 6.87. The molecule has 1 aliphatic heterocycles. The van der Waals surface area contributed by atoms with Crippen molar-refractivity contribution < 1.29 is 28.9 Å². The van der Waals surface area contributed by atoms with E-state index in [-0.39, 0.29) is 17.9 Å². The number of amides is 1. The minimum atomic E-state index is -0.830. The van der Waals surface area contributed by atoms with Crippen LogP contribution in [0, 0.1) is 0 Å². The summed E-state index contributed by atoms with van der Waals surface area (Å²) in [5.74, 6) is -0.00209. The molecule has 1 fully saturated rings. The Morgan fingerprint density at radius 3 is 2.27 bits per heavy atom. The summed E-state index contributed by atoms with van der Waals surface area (Å²) in [7, 11) is 1.55. The number of hydrogen-bond donors (Lipinski definition) is 1. The van der Waals surface area contributed by atoms with E-state index in [1.165, 1.54) is 4.90 Å². The Bertz CT molecular complexity index is 1350. The van der Waals surface area contributed by atoms with E-state index in [2.05, 4.69) is 13.8 Å². The average molecular weight is 544 g/mol. The Kier molecular flexibility index (Phi) is 9.84. The molecule has 0 bridgehead atoms. The number of aliphatic hydroxyl groups is 1. The minimum Gasteiger partial charge on any atom is -0.507 e. The summed E-state index contributed by atoms with van der Waals surface area (Å²) in [6.07, 6.45) is 3.81. The van der Waals surface area contributed by atoms with Crippen molar-refractivity contribution in [1.82, 2.24) is 4.90 Å². The number of carbonyl (C=O) groups excluding carboxylic acids is 2. The molecule has 210 valence electrons. The number of ether oxygens (including phenoxy) is 3. The molecule has 1 amide bonds. The fourth-order valence-corrected chi connectivity index (χ4v) is 4.69. The number of unbranched alkanes of at least 4 members (excludes halogenated alkanes) is 2. The second kappa shape index (κ2) is 13.7. The first-order valence-electron chi connectivity index (χ1n) is 13.8. The fourth-order valence-electron chi connectivity index (χ4n) is 4.69. The van der Waals surface area contributed by atoms with Crippen molar-refractivity contribution in [2.45, 2.75) is 52.1 Å². The van der Waals surface area contributed by atoms with Crippen LogP contribution in [0.1, 0.15) is 62.3 Å². The summed E-state index contributed by atoms with van der Waals surface area (Å²) >= 11 is 0. The van der Waals surface area contributed by atoms with Crippen LogP contribution in [0.15, 0.2) is 78.4 Å². The number of likely N-dealkylation sites (tertiary alicyclic amines) is 1. The molecule has 4 rings (SSSR count). The summed E-state index contributed by atoms with van der Waals surface area (Å²) < 4.78 is 17.3. The van der Waals surface area contributed by atoms with Gasteiger partial charge in [0.15, 0.2) is 11.5 Å². The second-order valence-electron chi connectivity index (χ2n) is 9.75. The van der Waals surface area contributed by atoms with Crippen LogP contribution in [0.5, 0.6) is 17.2 Å². The van der Waals surface area contributed by atoms with Crippen molar-refractivity contribution in [2.24, 2.45) is 0 Å². The lowest BCUT2D eigenvalue weighted by molar-refractivity contribution is -0.140. The highest BCUT2D eigenvalue weighted by Gasteiger charge is 2.46. The summed E-state index contributed by atoms with van der Waals surface area (Å²) in [6, 6.07) is 21.0. The Balaban J connectivity index is 1.79. The van der Waals surface area contributed by atoms with Gasteiger partial charge in [-0.1, -0.05) is 75.2 Å². The Morgan fingerprint density at radius 1 is 0.850 bits per heavy atom. The summed E-state index contributed by atoms with van der Waals surface area (Å²) in [4.78, 5) is 28.4. The summed E-state index contributed by atoms with van der Waals surface area (Å²) in [6.45, 7) is 5.47. The standard InChI is InChI=1S/C33H37NO6/c1-4-6-18-39-26-15-11-14-25(20-26)31(35)29-30(24-16-17-27(28(21-24)38-3)40-19-7-5-2)34(33(37)32(29)36)22-23-12-9-8-10-13-23/h8-17,20-21,30,35H,4-7,18-19,22H2,1-3H3. The van der Waals surface area contributed by atoms with Gasteiger partial charge in [0.05, 0.1) is 31.9 Å². The number of nitrogens with zero attached hydrogens (tertiary/aromatic N) is 1. The normalized spacial score (nSPS) is 16.3. The van der Waals surface area contributed by atoms with Crippen molar-refractivity contribution in [3.8, 4) is 17.2 Å². The molecule has 3 aromatic rings. The van der Waals surface area contributed by atoms with Crippen molar-refractivity contribution in [3.05, 3.63) is 95.1 Å². The van der Waals surface area contributed by atoms with E-state index in [4.69, 9.17) is 14.2 Å². The maximum atomic E-state index is 13.5. The minimum absolute atomic E-state index is 0.0216. The van der Waals surface area contributed by atoms with E-state index >= 15 is 0 Å². The van der Waals surface area contributed by atoms with E-state index in [0.717, 1.165) is 31.2 Å². The predicted octanol–water partition coefficient (Wildman–Crippen LogP) is 6.67. The molecule has 1 unspecified atom stereocenters. The number of aliphatic hydroxyl groups excluding tert-OH is 1. The highest BCUT2D eigenvalue weighted by Crippen LogP contribution is 2.43. The lowest BCUT2D eigenvalue weighted by atomic mass is 9.94. The van der Waals surface area contributed by atoms with Gasteiger partial charge >= 0.3 is 0 Å². The quantitative estimate of drug-likeness (QED) is 0.112. The molecule has 0 aromatic heterocycles. The molecule has 3 aromatic carbocycles. The zero-order valence-corrected chi connectivity index (χ0v) is 23.4. The highest BCUT2D eigenvalue weighted by atomic mass is 16.5. The van der Waals surface area contributed by atoms with Gasteiger partial charge in [-0.05, 0) is 48.2 Å². The van der Waals surface area contributed by atoms with Crippen molar-refractivity contribution >= 4 is 17.4 Å². The van der Waals surface area contributed by atoms with Gasteiger partial charge in [0.25, 0.3) is 11.7 Å². The zero-order valence-electron chi connectivity index (χ0n) is 23.4. The molecule has 40 heavy (non-hydrogen) atoms. The van der Waals surface area contributed by atoms with Crippen molar-refractivity contribution in [1.29, 1.82) is 0 Å². The van der Waals surface area contributed by atoms with E-state index in [1.807, 2.05) is 36.4 Å². The molecule has 1 aliphatic rings. The lowest BCUT2D eigenvalue weighted by Crippen LogP contribution is -2.29. The summed E-state index contributed by atoms with van der Waals surface area (Å²) in [5, 5.41) is 11.5. The van der Waals surface area contributed by atoms with Crippen molar-refractivity contribution in [2.75, 3.05) is 20.3 Å². The van der Waals surface area contributed by atoms with Crippen LogP contribution in [-0.4, -0.2) is 42.0 Å². The van der Waals surface area contributed by atoms with E-state index in [9.17, 15) is 14.7 Å². The van der Waals surface area contributed by atoms with Gasteiger partial charge in [-0.2, -0.15) is 0 Å². The lowest BCUT2D eigenvalue weighted by Gasteiger charge is -2.26. The Hall–Kier alpha value is -4.26. The molecule has 1 N–H and O–H groups in total. The molecule has 0 aliphatic carbocycles. The number of ketones is 1. The van der Waals surface area contributed by atoms with Gasteiger partial charge in [0, 0.05) is 12.1 Å². The smallest absolute Gasteiger partial charge is 0.295 e. The van der Waals surface area contributed by atoms with Gasteiger partial charge in [-0.3, -0.25) is 9.59 Å². The maximum Gasteiger partial charge on any atom is 0.295 e. The fraction of sp³-hybridized carbons (Fsp3) is 0.333.